The Bertz CT molecular complexity index is 1410. The summed E-state index contributed by atoms with van der Waals surface area (Å²) >= 11 is 1.02. The first-order valence-electron chi connectivity index (χ1n) is 9.28. The van der Waals surface area contributed by atoms with Gasteiger partial charge in [-0.05, 0) is 18.2 Å². The third kappa shape index (κ3) is 5.14. The summed E-state index contributed by atoms with van der Waals surface area (Å²) < 4.78 is 57.0. The molecule has 2 heterocycles. The molecule has 2 aromatic heterocycles. The van der Waals surface area contributed by atoms with Gasteiger partial charge in [-0.2, -0.15) is 0 Å². The zero-order valence-corrected chi connectivity index (χ0v) is 18.4. The number of rotatable bonds is 6. The molecular weight excluding hydrogens is 484 g/mol. The number of halogens is 4. The van der Waals surface area contributed by atoms with Crippen molar-refractivity contribution >= 4 is 33.9 Å². The average molecular weight is 501 g/mol. The topological polar surface area (TPSA) is 147 Å². The summed E-state index contributed by atoms with van der Waals surface area (Å²) in [5.41, 5.74) is 3.80. The van der Waals surface area contributed by atoms with Crippen molar-refractivity contribution in [1.82, 2.24) is 9.55 Å². The zero-order valence-electron chi connectivity index (χ0n) is 17.5. The van der Waals surface area contributed by atoms with E-state index in [0.29, 0.717) is 10.3 Å². The lowest BCUT2D eigenvalue weighted by Crippen LogP contribution is -2.38. The van der Waals surface area contributed by atoms with E-state index in [1.165, 1.54) is 30.1 Å². The van der Waals surface area contributed by atoms with Crippen LogP contribution in [0.4, 0.5) is 28.5 Å². The summed E-state index contributed by atoms with van der Waals surface area (Å²) in [7, 11) is 2.70. The Labute approximate surface area is 191 Å². The van der Waals surface area contributed by atoms with Crippen LogP contribution in [0.2, 0.25) is 0 Å². The second-order valence-corrected chi connectivity index (χ2v) is 7.82. The number of benzene rings is 1. The highest BCUT2D eigenvalue weighted by atomic mass is 32.1. The van der Waals surface area contributed by atoms with Gasteiger partial charge in [0.2, 0.25) is 0 Å². The van der Waals surface area contributed by atoms with Gasteiger partial charge in [-0.25, -0.2) is 23.9 Å². The molecule has 15 heteroatoms. The zero-order chi connectivity index (χ0) is 25.4. The number of ether oxygens (including phenoxy) is 1. The summed E-state index contributed by atoms with van der Waals surface area (Å²) in [4.78, 5) is 38.4. The van der Waals surface area contributed by atoms with E-state index in [1.54, 1.807) is 0 Å². The lowest BCUT2D eigenvalue weighted by atomic mass is 10.1. The Hall–Kier alpha value is -4.01. The smallest absolute Gasteiger partial charge is 0.403 e. The second-order valence-electron chi connectivity index (χ2n) is 6.96. The molecule has 0 unspecified atom stereocenters. The molecule has 5 N–H and O–H groups in total. The van der Waals surface area contributed by atoms with Crippen molar-refractivity contribution < 1.29 is 31.7 Å². The van der Waals surface area contributed by atoms with Crippen LogP contribution in [0.15, 0.2) is 33.2 Å². The third-order valence-corrected chi connectivity index (χ3v) is 5.56. The minimum absolute atomic E-state index is 0.192. The van der Waals surface area contributed by atoms with Crippen LogP contribution in [0.5, 0.6) is 5.75 Å². The molecule has 1 amide bonds. The summed E-state index contributed by atoms with van der Waals surface area (Å²) in [6.45, 7) is 0. The molecular formula is C19H17F4N6O4S+. The molecule has 0 bridgehead atoms. The summed E-state index contributed by atoms with van der Waals surface area (Å²) in [5, 5.41) is 12.4. The molecule has 1 aromatic carbocycles. The van der Waals surface area contributed by atoms with Gasteiger partial charge in [0.15, 0.2) is 11.6 Å². The van der Waals surface area contributed by atoms with E-state index in [9.17, 15) is 31.9 Å². The number of carbonyl (C=O) groups excluding carboxylic acids is 1. The van der Waals surface area contributed by atoms with Crippen LogP contribution in [0.25, 0.3) is 11.3 Å². The molecule has 3 aromatic rings. The minimum atomic E-state index is -5.07. The van der Waals surface area contributed by atoms with E-state index >= 15 is 0 Å². The van der Waals surface area contributed by atoms with Crippen LogP contribution >= 0.6 is 11.3 Å². The third-order valence-electron chi connectivity index (χ3n) is 4.62. The van der Waals surface area contributed by atoms with E-state index < -0.39 is 47.2 Å². The molecule has 0 spiro atoms. The number of nitrogens with zero attached hydrogens (tertiary/aromatic N) is 2. The van der Waals surface area contributed by atoms with Crippen LogP contribution in [0.3, 0.4) is 0 Å². The van der Waals surface area contributed by atoms with Crippen LogP contribution in [0.1, 0.15) is 12.0 Å². The molecule has 0 aliphatic carbocycles. The van der Waals surface area contributed by atoms with E-state index in [1.807, 2.05) is 0 Å². The van der Waals surface area contributed by atoms with Crippen molar-refractivity contribution in [1.29, 1.82) is 5.41 Å². The number of thiazole rings is 1. The highest BCUT2D eigenvalue weighted by Crippen LogP contribution is 2.31. The van der Waals surface area contributed by atoms with Crippen molar-refractivity contribution in [3.8, 4) is 17.0 Å². The molecule has 0 radical (unpaired) electrons. The molecule has 3 rings (SSSR count). The first kappa shape index (κ1) is 24.6. The Morgan fingerprint density at radius 3 is 2.68 bits per heavy atom. The molecule has 0 aliphatic heterocycles. The van der Waals surface area contributed by atoms with Crippen LogP contribution in [-0.2, 0) is 18.9 Å². The SMILES string of the molecule is Cn1c(=O)[nH]c(N)c(C(=N)CC(=O)Nc2scc(-c3ccc(F)c(OC(F)(F)F)c3)[n+]2C)c1=O. The highest BCUT2D eigenvalue weighted by molar-refractivity contribution is 7.13. The largest absolute Gasteiger partial charge is 0.573 e. The van der Waals surface area contributed by atoms with Gasteiger partial charge < -0.3 is 15.9 Å². The maximum absolute atomic E-state index is 13.7. The molecule has 0 atom stereocenters. The molecule has 0 fully saturated rings. The van der Waals surface area contributed by atoms with Crippen LogP contribution < -0.4 is 31.6 Å². The number of hydrogen-bond acceptors (Lipinski definition) is 7. The first-order chi connectivity index (χ1) is 15.8. The second kappa shape index (κ2) is 9.09. The van der Waals surface area contributed by atoms with E-state index in [2.05, 4.69) is 15.0 Å². The highest BCUT2D eigenvalue weighted by Gasteiger charge is 2.33. The maximum atomic E-state index is 13.7. The number of aromatic nitrogens is 3. The van der Waals surface area contributed by atoms with Gasteiger partial charge in [0.05, 0.1) is 19.2 Å². The van der Waals surface area contributed by atoms with Crippen molar-refractivity contribution in [2.75, 3.05) is 11.1 Å². The number of aromatic amines is 1. The number of nitrogen functional groups attached to an aromatic ring is 1. The average Bonchev–Trinajstić information content (AvgIpc) is 3.07. The fourth-order valence-electron chi connectivity index (χ4n) is 2.96. The van der Waals surface area contributed by atoms with Gasteiger partial charge in [0.1, 0.15) is 17.1 Å². The summed E-state index contributed by atoms with van der Waals surface area (Å²) in [6, 6.07) is 2.94. The van der Waals surface area contributed by atoms with Gasteiger partial charge in [0.25, 0.3) is 5.56 Å². The van der Waals surface area contributed by atoms with Gasteiger partial charge in [-0.1, -0.05) is 11.3 Å². The molecule has 0 saturated heterocycles. The van der Waals surface area contributed by atoms with Crippen molar-refractivity contribution in [3.05, 3.63) is 55.8 Å². The number of carbonyl (C=O) groups is 1. The fourth-order valence-corrected chi connectivity index (χ4v) is 3.91. The quantitative estimate of drug-likeness (QED) is 0.230. The number of nitrogens with two attached hydrogens (primary N) is 1. The number of anilines is 2. The predicted molar refractivity (Wildman–Crippen MR) is 114 cm³/mol. The van der Waals surface area contributed by atoms with Crippen molar-refractivity contribution in [2.45, 2.75) is 12.8 Å². The van der Waals surface area contributed by atoms with E-state index in [4.69, 9.17) is 11.1 Å². The first-order valence-corrected chi connectivity index (χ1v) is 10.2. The lowest BCUT2D eigenvalue weighted by Gasteiger charge is -2.10. The number of nitrogens with one attached hydrogen (secondary N) is 3. The maximum Gasteiger partial charge on any atom is 0.573 e. The van der Waals surface area contributed by atoms with Gasteiger partial charge in [-0.3, -0.25) is 14.3 Å². The minimum Gasteiger partial charge on any atom is -0.403 e. The van der Waals surface area contributed by atoms with E-state index in [0.717, 1.165) is 23.5 Å². The monoisotopic (exact) mass is 501 g/mol. The van der Waals surface area contributed by atoms with Gasteiger partial charge in [0, 0.05) is 18.0 Å². The van der Waals surface area contributed by atoms with Crippen molar-refractivity contribution in [3.63, 3.8) is 0 Å². The molecule has 10 nitrogen and oxygen atoms in total. The Morgan fingerprint density at radius 2 is 2.03 bits per heavy atom. The number of amides is 1. The number of alkyl halides is 3. The molecule has 0 aliphatic rings. The van der Waals surface area contributed by atoms with Crippen molar-refractivity contribution in [2.24, 2.45) is 14.1 Å². The summed E-state index contributed by atoms with van der Waals surface area (Å²) in [6.07, 6.45) is -5.63. The molecule has 180 valence electrons. The Morgan fingerprint density at radius 1 is 1.35 bits per heavy atom. The van der Waals surface area contributed by atoms with Crippen LogP contribution in [-0.4, -0.2) is 27.5 Å². The van der Waals surface area contributed by atoms with Gasteiger partial charge >= 0.3 is 23.1 Å². The molecule has 34 heavy (non-hydrogen) atoms. The molecule has 0 saturated carbocycles. The normalized spacial score (nSPS) is 11.4. The predicted octanol–water partition coefficient (Wildman–Crippen LogP) is 1.64. The number of H-pyrrole nitrogens is 1. The number of hydrogen-bond donors (Lipinski definition) is 4. The van der Waals surface area contributed by atoms with Gasteiger partial charge in [-0.15, -0.1) is 13.2 Å². The Kier molecular flexibility index (Phi) is 6.58. The fraction of sp³-hybridized carbons (Fsp3) is 0.211. The Balaban J connectivity index is 1.80. The van der Waals surface area contributed by atoms with E-state index in [-0.39, 0.29) is 22.1 Å². The summed E-state index contributed by atoms with van der Waals surface area (Å²) in [5.74, 6) is -3.24. The standard InChI is InChI=1S/C19H16F4N6O4S/c1-28-11(8-3-4-9(20)12(5-8)33-19(21,22)23)7-34-18(28)26-13(30)6-10(24)14-15(25)27-17(32)29(2)16(14)31/h3-5,7H,6H2,1-2H3,(H4,24,25,27,31,32)/p+1. The lowest BCUT2D eigenvalue weighted by molar-refractivity contribution is -0.641. The van der Waals surface area contributed by atoms with Crippen LogP contribution in [0, 0.1) is 11.2 Å².